The molecule has 0 saturated carbocycles. The van der Waals surface area contributed by atoms with Crippen LogP contribution in [0.5, 0.6) is 0 Å². The molecule has 0 spiro atoms. The number of aromatic nitrogens is 1. The van der Waals surface area contributed by atoms with E-state index in [9.17, 15) is 4.39 Å². The topological polar surface area (TPSA) is 77.3 Å². The minimum absolute atomic E-state index is 0.338. The summed E-state index contributed by atoms with van der Waals surface area (Å²) in [5, 5.41) is 0.508. The maximum Gasteiger partial charge on any atom is 0.181 e. The average Bonchev–Trinajstić information content (AvgIpc) is 2.91. The molecule has 4 nitrogen and oxygen atoms in total. The Morgan fingerprint density at radius 3 is 2.78 bits per heavy atom. The number of hydrogen-bond acceptors (Lipinski definition) is 5. The van der Waals surface area contributed by atoms with E-state index in [0.29, 0.717) is 22.0 Å². The summed E-state index contributed by atoms with van der Waals surface area (Å²) in [6, 6.07) is 12.1. The molecule has 0 amide bonds. The number of nitrogen functional groups attached to an aromatic ring is 1. The second-order valence-electron chi connectivity index (χ2n) is 4.93. The number of halogens is 1. The third kappa shape index (κ3) is 2.93. The van der Waals surface area contributed by atoms with Gasteiger partial charge in [-0.3, -0.25) is 4.99 Å². The van der Waals surface area contributed by atoms with Crippen molar-refractivity contribution in [1.29, 1.82) is 0 Å². The molecule has 1 aromatic heterocycles. The molecule has 4 N–H and O–H groups in total. The molecular formula is C17H15FN4S. The number of thiazole rings is 1. The zero-order valence-corrected chi connectivity index (χ0v) is 13.3. The van der Waals surface area contributed by atoms with Crippen molar-refractivity contribution < 1.29 is 4.39 Å². The molecule has 116 valence electrons. The Morgan fingerprint density at radius 1 is 1.26 bits per heavy atom. The van der Waals surface area contributed by atoms with Gasteiger partial charge in [0.15, 0.2) is 5.13 Å². The van der Waals surface area contributed by atoms with E-state index in [1.54, 1.807) is 31.5 Å². The van der Waals surface area contributed by atoms with Crippen LogP contribution in [-0.2, 0) is 0 Å². The van der Waals surface area contributed by atoms with Crippen molar-refractivity contribution in [2.75, 3.05) is 12.8 Å². The molecule has 3 rings (SSSR count). The van der Waals surface area contributed by atoms with Crippen LogP contribution in [0.25, 0.3) is 21.5 Å². The fraction of sp³-hybridized carbons (Fsp3) is 0.0588. The van der Waals surface area contributed by atoms with Crippen LogP contribution in [0.15, 0.2) is 47.5 Å². The standard InChI is InChI=1S/C17H15FN4S/c1-21-9-12(16(19)11-4-2-3-5-13(11)18)10-6-7-14-15(8-10)23-17(20)22-14/h2-9H,19H2,1H3,(H2,20,22). The first-order valence-corrected chi connectivity index (χ1v) is 7.75. The molecule has 0 atom stereocenters. The second-order valence-corrected chi connectivity index (χ2v) is 5.99. The first-order valence-electron chi connectivity index (χ1n) is 6.93. The van der Waals surface area contributed by atoms with Gasteiger partial charge in [0, 0.05) is 24.4 Å². The molecule has 2 aromatic carbocycles. The molecule has 0 aliphatic heterocycles. The van der Waals surface area contributed by atoms with E-state index in [4.69, 9.17) is 11.5 Å². The lowest BCUT2D eigenvalue weighted by Crippen LogP contribution is -2.04. The number of allylic oxidation sites excluding steroid dienone is 1. The van der Waals surface area contributed by atoms with Crippen molar-refractivity contribution in [3.8, 4) is 0 Å². The Morgan fingerprint density at radius 2 is 2.04 bits per heavy atom. The number of nitrogens with zero attached hydrogens (tertiary/aromatic N) is 2. The molecule has 0 saturated heterocycles. The van der Waals surface area contributed by atoms with Crippen molar-refractivity contribution in [2.45, 2.75) is 0 Å². The highest BCUT2D eigenvalue weighted by molar-refractivity contribution is 7.22. The fourth-order valence-electron chi connectivity index (χ4n) is 2.36. The number of fused-ring (bicyclic) bond motifs is 1. The number of anilines is 1. The monoisotopic (exact) mass is 326 g/mol. The molecule has 0 aliphatic rings. The molecule has 0 radical (unpaired) electrons. The molecule has 0 fully saturated rings. The summed E-state index contributed by atoms with van der Waals surface area (Å²) in [5.74, 6) is -0.366. The van der Waals surface area contributed by atoms with Gasteiger partial charge in [-0.1, -0.05) is 29.5 Å². The SMILES string of the molecule is CN=CC(=C(N)c1ccccc1F)c1ccc2nc(N)sc2c1. The molecule has 0 bridgehead atoms. The Bertz CT molecular complexity index is 927. The third-order valence-electron chi connectivity index (χ3n) is 3.43. The van der Waals surface area contributed by atoms with Gasteiger partial charge in [-0.05, 0) is 29.8 Å². The molecule has 0 unspecified atom stereocenters. The van der Waals surface area contributed by atoms with Crippen LogP contribution in [0, 0.1) is 5.82 Å². The number of benzene rings is 2. The van der Waals surface area contributed by atoms with E-state index < -0.39 is 0 Å². The predicted octanol–water partition coefficient (Wildman–Crippen LogP) is 3.55. The van der Waals surface area contributed by atoms with Gasteiger partial charge in [0.1, 0.15) is 5.82 Å². The van der Waals surface area contributed by atoms with Crippen LogP contribution >= 0.6 is 11.3 Å². The first kappa shape index (κ1) is 15.2. The smallest absolute Gasteiger partial charge is 0.181 e. The molecular weight excluding hydrogens is 311 g/mol. The zero-order chi connectivity index (χ0) is 16.4. The van der Waals surface area contributed by atoms with Gasteiger partial charge in [0.25, 0.3) is 0 Å². The lowest BCUT2D eigenvalue weighted by atomic mass is 10.00. The highest BCUT2D eigenvalue weighted by atomic mass is 32.1. The van der Waals surface area contributed by atoms with Crippen molar-refractivity contribution >= 4 is 44.2 Å². The Balaban J connectivity index is 2.20. The van der Waals surface area contributed by atoms with E-state index >= 15 is 0 Å². The first-order chi connectivity index (χ1) is 11.1. The van der Waals surface area contributed by atoms with E-state index in [-0.39, 0.29) is 5.82 Å². The summed E-state index contributed by atoms with van der Waals surface area (Å²) in [7, 11) is 1.65. The van der Waals surface area contributed by atoms with Gasteiger partial charge in [-0.25, -0.2) is 9.37 Å². The maximum atomic E-state index is 14.0. The lowest BCUT2D eigenvalue weighted by molar-refractivity contribution is 0.624. The quantitative estimate of drug-likeness (QED) is 0.571. The van der Waals surface area contributed by atoms with Crippen molar-refractivity contribution in [3.63, 3.8) is 0 Å². The van der Waals surface area contributed by atoms with Crippen molar-refractivity contribution in [1.82, 2.24) is 4.98 Å². The average molecular weight is 326 g/mol. The van der Waals surface area contributed by atoms with Gasteiger partial charge in [0.2, 0.25) is 0 Å². The summed E-state index contributed by atoms with van der Waals surface area (Å²) in [6.45, 7) is 0. The Labute approximate surface area is 137 Å². The highest BCUT2D eigenvalue weighted by Crippen LogP contribution is 2.29. The molecule has 1 heterocycles. The van der Waals surface area contributed by atoms with Crippen LogP contribution in [-0.4, -0.2) is 18.2 Å². The number of nitrogens with two attached hydrogens (primary N) is 2. The second kappa shape index (κ2) is 6.18. The third-order valence-corrected chi connectivity index (χ3v) is 4.28. The zero-order valence-electron chi connectivity index (χ0n) is 12.5. The lowest BCUT2D eigenvalue weighted by Gasteiger charge is -2.10. The summed E-state index contributed by atoms with van der Waals surface area (Å²) in [4.78, 5) is 8.28. The summed E-state index contributed by atoms with van der Waals surface area (Å²) < 4.78 is 15.0. The van der Waals surface area contributed by atoms with Crippen LogP contribution < -0.4 is 11.5 Å². The highest BCUT2D eigenvalue weighted by Gasteiger charge is 2.12. The number of aliphatic imine (C=N–C) groups is 1. The summed E-state index contributed by atoms with van der Waals surface area (Å²) in [6.07, 6.45) is 1.63. The van der Waals surface area contributed by atoms with Gasteiger partial charge in [-0.15, -0.1) is 0 Å². The predicted molar refractivity (Wildman–Crippen MR) is 95.8 cm³/mol. The van der Waals surface area contributed by atoms with Crippen LogP contribution in [0.1, 0.15) is 11.1 Å². The van der Waals surface area contributed by atoms with Gasteiger partial charge < -0.3 is 11.5 Å². The minimum atomic E-state index is -0.366. The van der Waals surface area contributed by atoms with E-state index in [1.165, 1.54) is 17.4 Å². The summed E-state index contributed by atoms with van der Waals surface area (Å²) >= 11 is 1.40. The van der Waals surface area contributed by atoms with Gasteiger partial charge in [-0.2, -0.15) is 0 Å². The largest absolute Gasteiger partial charge is 0.398 e. The normalized spacial score (nSPS) is 12.8. The molecule has 0 aliphatic carbocycles. The minimum Gasteiger partial charge on any atom is -0.398 e. The summed E-state index contributed by atoms with van der Waals surface area (Å²) in [5.41, 5.74) is 15.0. The number of hydrogen-bond donors (Lipinski definition) is 2. The van der Waals surface area contributed by atoms with Crippen LogP contribution in [0.4, 0.5) is 9.52 Å². The molecule has 6 heteroatoms. The van der Waals surface area contributed by atoms with Crippen LogP contribution in [0.3, 0.4) is 0 Å². The van der Waals surface area contributed by atoms with E-state index in [2.05, 4.69) is 9.98 Å². The Hall–Kier alpha value is -2.73. The maximum absolute atomic E-state index is 14.0. The fourth-order valence-corrected chi connectivity index (χ4v) is 3.14. The van der Waals surface area contributed by atoms with Crippen LogP contribution in [0.2, 0.25) is 0 Å². The van der Waals surface area contributed by atoms with Gasteiger partial charge >= 0.3 is 0 Å². The number of rotatable bonds is 3. The van der Waals surface area contributed by atoms with Crippen molar-refractivity contribution in [3.05, 3.63) is 59.4 Å². The Kier molecular flexibility index (Phi) is 4.08. The molecule has 3 aromatic rings. The van der Waals surface area contributed by atoms with Gasteiger partial charge in [0.05, 0.1) is 15.9 Å². The van der Waals surface area contributed by atoms with Crippen molar-refractivity contribution in [2.24, 2.45) is 10.7 Å². The van der Waals surface area contributed by atoms with E-state index in [1.807, 2.05) is 18.2 Å². The molecule has 23 heavy (non-hydrogen) atoms. The van der Waals surface area contributed by atoms with E-state index in [0.717, 1.165) is 15.8 Å².